The Morgan fingerprint density at radius 3 is 2.65 bits per heavy atom. The molecule has 0 aliphatic heterocycles. The fraction of sp³-hybridized carbons (Fsp3) is 0.154. The normalized spacial score (nSPS) is 10.5. The monoisotopic (exact) mass is 293 g/mol. The summed E-state index contributed by atoms with van der Waals surface area (Å²) in [6.07, 6.45) is 0.802. The highest BCUT2D eigenvalue weighted by Crippen LogP contribution is 2.19. The molecule has 88 valence electrons. The lowest BCUT2D eigenvalue weighted by molar-refractivity contribution is 0.111. The van der Waals surface area contributed by atoms with Crippen LogP contribution in [0, 0.1) is 0 Å². The van der Waals surface area contributed by atoms with Gasteiger partial charge < -0.3 is 9.67 Å². The zero-order chi connectivity index (χ0) is 12.3. The molecule has 1 aromatic heterocycles. The highest BCUT2D eigenvalue weighted by atomic mass is 79.9. The van der Waals surface area contributed by atoms with E-state index in [2.05, 4.69) is 15.9 Å². The quantitative estimate of drug-likeness (QED) is 0.881. The van der Waals surface area contributed by atoms with Gasteiger partial charge in [-0.25, -0.2) is 0 Å². The second-order valence-corrected chi connectivity index (χ2v) is 4.56. The van der Waals surface area contributed by atoms with Gasteiger partial charge in [-0.15, -0.1) is 0 Å². The molecule has 2 rings (SSSR count). The van der Waals surface area contributed by atoms with E-state index in [4.69, 9.17) is 0 Å². The minimum atomic E-state index is -0.0711. The average Bonchev–Trinajstić information content (AvgIpc) is 2.74. The maximum absolute atomic E-state index is 10.9. The third-order valence-electron chi connectivity index (χ3n) is 2.67. The minimum absolute atomic E-state index is 0.0711. The van der Waals surface area contributed by atoms with Crippen molar-refractivity contribution < 1.29 is 9.90 Å². The highest BCUT2D eigenvalue weighted by molar-refractivity contribution is 9.10. The third-order valence-corrected chi connectivity index (χ3v) is 3.45. The summed E-state index contributed by atoms with van der Waals surface area (Å²) in [5.74, 6) is 0. The molecule has 0 radical (unpaired) electrons. The first-order valence-corrected chi connectivity index (χ1v) is 6.03. The fourth-order valence-electron chi connectivity index (χ4n) is 1.76. The molecule has 2 aromatic rings. The number of hydrogen-bond donors (Lipinski definition) is 1. The summed E-state index contributed by atoms with van der Waals surface area (Å²) in [5.41, 5.74) is 2.38. The first-order valence-electron chi connectivity index (χ1n) is 5.24. The second kappa shape index (κ2) is 5.29. The van der Waals surface area contributed by atoms with Crippen molar-refractivity contribution in [3.8, 4) is 0 Å². The van der Waals surface area contributed by atoms with Crippen molar-refractivity contribution in [1.82, 2.24) is 4.57 Å². The van der Waals surface area contributed by atoms with Crippen LogP contribution in [0.2, 0.25) is 0 Å². The lowest BCUT2D eigenvalue weighted by atomic mass is 10.2. The zero-order valence-electron chi connectivity index (χ0n) is 9.14. The van der Waals surface area contributed by atoms with Gasteiger partial charge in [-0.05, 0) is 23.8 Å². The molecule has 1 aromatic carbocycles. The number of carbonyl (C=O) groups is 1. The van der Waals surface area contributed by atoms with Crippen LogP contribution in [0.5, 0.6) is 0 Å². The van der Waals surface area contributed by atoms with Gasteiger partial charge >= 0.3 is 0 Å². The Balaban J connectivity index is 2.38. The molecule has 0 unspecified atom stereocenters. The van der Waals surface area contributed by atoms with E-state index >= 15 is 0 Å². The van der Waals surface area contributed by atoms with E-state index < -0.39 is 0 Å². The Hall–Kier alpha value is -1.39. The van der Waals surface area contributed by atoms with Crippen LogP contribution in [0.4, 0.5) is 0 Å². The molecule has 4 heteroatoms. The second-order valence-electron chi connectivity index (χ2n) is 3.70. The molecule has 1 N–H and O–H groups in total. The van der Waals surface area contributed by atoms with Gasteiger partial charge in [-0.2, -0.15) is 0 Å². The molecular weight excluding hydrogens is 282 g/mol. The molecule has 0 bridgehead atoms. The van der Waals surface area contributed by atoms with E-state index in [0.717, 1.165) is 22.0 Å². The van der Waals surface area contributed by atoms with Crippen molar-refractivity contribution in [1.29, 1.82) is 0 Å². The first-order chi connectivity index (χ1) is 8.26. The molecule has 0 saturated carbocycles. The third kappa shape index (κ3) is 2.48. The standard InChI is InChI=1S/C13H12BrNO2/c14-13-4-2-1-3-10(13)7-15-11(8-16)5-6-12(15)9-17/h1-6,8,17H,7,9H2. The Morgan fingerprint density at radius 1 is 1.24 bits per heavy atom. The first kappa shape index (κ1) is 12.1. The van der Waals surface area contributed by atoms with Crippen LogP contribution in [0.15, 0.2) is 40.9 Å². The summed E-state index contributed by atoms with van der Waals surface area (Å²) in [7, 11) is 0. The van der Waals surface area contributed by atoms with Crippen LogP contribution >= 0.6 is 15.9 Å². The largest absolute Gasteiger partial charge is 0.390 e. The Bertz CT molecular complexity index is 534. The molecule has 0 aliphatic carbocycles. The van der Waals surface area contributed by atoms with Crippen molar-refractivity contribution in [3.63, 3.8) is 0 Å². The minimum Gasteiger partial charge on any atom is -0.390 e. The number of benzene rings is 1. The maximum Gasteiger partial charge on any atom is 0.166 e. The van der Waals surface area contributed by atoms with Crippen LogP contribution in [-0.2, 0) is 13.2 Å². The number of carbonyl (C=O) groups excluding carboxylic acids is 1. The molecule has 0 spiro atoms. The number of rotatable bonds is 4. The molecule has 17 heavy (non-hydrogen) atoms. The van der Waals surface area contributed by atoms with Crippen molar-refractivity contribution in [2.24, 2.45) is 0 Å². The molecule has 1 heterocycles. The number of aliphatic hydroxyl groups excluding tert-OH is 1. The molecule has 0 fully saturated rings. The Morgan fingerprint density at radius 2 is 2.00 bits per heavy atom. The lowest BCUT2D eigenvalue weighted by Gasteiger charge is -2.11. The summed E-state index contributed by atoms with van der Waals surface area (Å²) in [5, 5.41) is 9.23. The molecule has 3 nitrogen and oxygen atoms in total. The van der Waals surface area contributed by atoms with E-state index in [9.17, 15) is 9.90 Å². The van der Waals surface area contributed by atoms with Crippen molar-refractivity contribution in [3.05, 3.63) is 57.8 Å². The Kier molecular flexibility index (Phi) is 3.76. The van der Waals surface area contributed by atoms with Crippen LogP contribution < -0.4 is 0 Å². The number of aliphatic hydroxyl groups is 1. The van der Waals surface area contributed by atoms with Gasteiger partial charge in [0.15, 0.2) is 6.29 Å². The van der Waals surface area contributed by atoms with E-state index in [1.54, 1.807) is 12.1 Å². The van der Waals surface area contributed by atoms with Crippen LogP contribution in [0.25, 0.3) is 0 Å². The number of halogens is 1. The molecule has 0 aliphatic rings. The fourth-order valence-corrected chi connectivity index (χ4v) is 2.17. The van der Waals surface area contributed by atoms with Crippen LogP contribution in [-0.4, -0.2) is 16.0 Å². The predicted octanol–water partition coefficient (Wildman–Crippen LogP) is 2.60. The van der Waals surface area contributed by atoms with Gasteiger partial charge in [-0.3, -0.25) is 4.79 Å². The zero-order valence-corrected chi connectivity index (χ0v) is 10.7. The van der Waals surface area contributed by atoms with Gasteiger partial charge in [0.05, 0.1) is 12.3 Å². The van der Waals surface area contributed by atoms with Gasteiger partial charge in [0.25, 0.3) is 0 Å². The van der Waals surface area contributed by atoms with Crippen molar-refractivity contribution >= 4 is 22.2 Å². The van der Waals surface area contributed by atoms with Crippen LogP contribution in [0.1, 0.15) is 21.7 Å². The van der Waals surface area contributed by atoms with Gasteiger partial charge in [0, 0.05) is 16.7 Å². The average molecular weight is 294 g/mol. The Labute approximate surface area is 108 Å². The smallest absolute Gasteiger partial charge is 0.166 e. The summed E-state index contributed by atoms with van der Waals surface area (Å²) >= 11 is 3.47. The summed E-state index contributed by atoms with van der Waals surface area (Å²) in [4.78, 5) is 10.9. The number of aromatic nitrogens is 1. The highest BCUT2D eigenvalue weighted by Gasteiger charge is 2.08. The number of aldehydes is 1. The lowest BCUT2D eigenvalue weighted by Crippen LogP contribution is -2.08. The predicted molar refractivity (Wildman–Crippen MR) is 69.0 cm³/mol. The number of nitrogens with zero attached hydrogens (tertiary/aromatic N) is 1. The molecular formula is C13H12BrNO2. The molecule has 0 saturated heterocycles. The van der Waals surface area contributed by atoms with E-state index in [0.29, 0.717) is 12.2 Å². The molecule has 0 atom stereocenters. The van der Waals surface area contributed by atoms with Crippen LogP contribution in [0.3, 0.4) is 0 Å². The summed E-state index contributed by atoms with van der Waals surface area (Å²) in [6.45, 7) is 0.497. The van der Waals surface area contributed by atoms with Crippen molar-refractivity contribution in [2.75, 3.05) is 0 Å². The van der Waals surface area contributed by atoms with Gasteiger partial charge in [0.2, 0.25) is 0 Å². The van der Waals surface area contributed by atoms with E-state index in [-0.39, 0.29) is 6.61 Å². The van der Waals surface area contributed by atoms with Crippen molar-refractivity contribution in [2.45, 2.75) is 13.2 Å². The number of hydrogen-bond acceptors (Lipinski definition) is 2. The summed E-state index contributed by atoms with van der Waals surface area (Å²) < 4.78 is 2.81. The topological polar surface area (TPSA) is 42.2 Å². The van der Waals surface area contributed by atoms with E-state index in [1.807, 2.05) is 28.8 Å². The summed E-state index contributed by atoms with van der Waals surface area (Å²) in [6, 6.07) is 11.3. The SMILES string of the molecule is O=Cc1ccc(CO)n1Cc1ccccc1Br. The van der Waals surface area contributed by atoms with Gasteiger partial charge in [-0.1, -0.05) is 34.1 Å². The van der Waals surface area contributed by atoms with Gasteiger partial charge in [0.1, 0.15) is 0 Å². The van der Waals surface area contributed by atoms with E-state index in [1.165, 1.54) is 0 Å². The molecule has 0 amide bonds. The maximum atomic E-state index is 10.9.